The van der Waals surface area contributed by atoms with Gasteiger partial charge in [-0.2, -0.15) is 0 Å². The van der Waals surface area contributed by atoms with Crippen LogP contribution >= 0.6 is 0 Å². The summed E-state index contributed by atoms with van der Waals surface area (Å²) in [7, 11) is 4.57. The highest BCUT2D eigenvalue weighted by Gasteiger charge is 2.18. The van der Waals surface area contributed by atoms with Crippen LogP contribution in [0.3, 0.4) is 0 Å². The van der Waals surface area contributed by atoms with Gasteiger partial charge < -0.3 is 24.4 Å². The van der Waals surface area contributed by atoms with Gasteiger partial charge in [-0.05, 0) is 61.7 Å². The number of hydrogen-bond acceptors (Lipinski definition) is 6. The van der Waals surface area contributed by atoms with E-state index in [2.05, 4.69) is 23.2 Å². The summed E-state index contributed by atoms with van der Waals surface area (Å²) in [5.41, 5.74) is 3.17. The largest absolute Gasteiger partial charge is 0.493 e. The van der Waals surface area contributed by atoms with Gasteiger partial charge in [-0.25, -0.2) is 4.98 Å². The van der Waals surface area contributed by atoms with Crippen molar-refractivity contribution >= 4 is 28.3 Å². The van der Waals surface area contributed by atoms with E-state index in [1.165, 1.54) is 34.2 Å². The lowest BCUT2D eigenvalue weighted by Crippen LogP contribution is -2.19. The number of pyridine rings is 1. The topological polar surface area (TPSA) is 72.9 Å². The van der Waals surface area contributed by atoms with E-state index in [9.17, 15) is 4.79 Å². The van der Waals surface area contributed by atoms with Gasteiger partial charge in [0.2, 0.25) is 5.75 Å². The van der Waals surface area contributed by atoms with Gasteiger partial charge in [0.25, 0.3) is 5.91 Å². The number of hydrogen-bond donors (Lipinski definition) is 1. The highest BCUT2D eigenvalue weighted by atomic mass is 16.5. The van der Waals surface area contributed by atoms with Crippen LogP contribution in [0.25, 0.3) is 10.9 Å². The van der Waals surface area contributed by atoms with Crippen molar-refractivity contribution in [2.45, 2.75) is 19.8 Å². The Kier molecular flexibility index (Phi) is 5.84. The first-order valence-corrected chi connectivity index (χ1v) is 10.3. The standard InChI is InChI=1S/C24H27N3O4/c1-15-11-22(27-9-5-6-10-27)26-19-8-7-17(14-18(15)19)25-24(28)16-12-20(29-2)23(31-4)21(13-16)30-3/h7-8,11-14H,5-6,9-10H2,1-4H3,(H,25,28). The third-order valence-corrected chi connectivity index (χ3v) is 5.62. The Bertz CT molecular complexity index is 1100. The van der Waals surface area contributed by atoms with Gasteiger partial charge in [-0.15, -0.1) is 0 Å². The summed E-state index contributed by atoms with van der Waals surface area (Å²) >= 11 is 0. The first-order valence-electron chi connectivity index (χ1n) is 10.3. The van der Waals surface area contributed by atoms with E-state index in [-0.39, 0.29) is 5.91 Å². The molecule has 7 heteroatoms. The van der Waals surface area contributed by atoms with Crippen molar-refractivity contribution in [3.8, 4) is 17.2 Å². The van der Waals surface area contributed by atoms with Gasteiger partial charge >= 0.3 is 0 Å². The monoisotopic (exact) mass is 421 g/mol. The number of carbonyl (C=O) groups is 1. The van der Waals surface area contributed by atoms with Crippen LogP contribution in [0.2, 0.25) is 0 Å². The molecule has 1 fully saturated rings. The fourth-order valence-corrected chi connectivity index (χ4v) is 3.98. The first-order chi connectivity index (χ1) is 15.0. The van der Waals surface area contributed by atoms with Crippen LogP contribution in [-0.4, -0.2) is 45.3 Å². The molecule has 2 heterocycles. The van der Waals surface area contributed by atoms with Crippen molar-refractivity contribution < 1.29 is 19.0 Å². The number of nitrogens with zero attached hydrogens (tertiary/aromatic N) is 2. The van der Waals surface area contributed by atoms with Gasteiger partial charge in [0.1, 0.15) is 5.82 Å². The maximum atomic E-state index is 12.9. The van der Waals surface area contributed by atoms with Crippen molar-refractivity contribution in [3.63, 3.8) is 0 Å². The fourth-order valence-electron chi connectivity index (χ4n) is 3.98. The number of nitrogens with one attached hydrogen (secondary N) is 1. The Hall–Kier alpha value is -3.48. The van der Waals surface area contributed by atoms with Gasteiger partial charge in [0.15, 0.2) is 11.5 Å². The molecule has 0 bridgehead atoms. The average molecular weight is 421 g/mol. The summed E-state index contributed by atoms with van der Waals surface area (Å²) in [5.74, 6) is 2.07. The lowest BCUT2D eigenvalue weighted by molar-refractivity contribution is 0.102. The molecule has 31 heavy (non-hydrogen) atoms. The Morgan fingerprint density at radius 3 is 2.26 bits per heavy atom. The van der Waals surface area contributed by atoms with Crippen LogP contribution in [0, 0.1) is 6.92 Å². The number of ether oxygens (including phenoxy) is 3. The predicted molar refractivity (Wildman–Crippen MR) is 122 cm³/mol. The fraction of sp³-hybridized carbons (Fsp3) is 0.333. The molecule has 0 spiro atoms. The molecule has 162 valence electrons. The second-order valence-corrected chi connectivity index (χ2v) is 7.59. The molecule has 0 radical (unpaired) electrons. The average Bonchev–Trinajstić information content (AvgIpc) is 3.33. The molecular formula is C24H27N3O4. The number of benzene rings is 2. The van der Waals surface area contributed by atoms with Gasteiger partial charge in [0.05, 0.1) is 26.8 Å². The van der Waals surface area contributed by atoms with Gasteiger partial charge in [-0.1, -0.05) is 0 Å². The maximum Gasteiger partial charge on any atom is 0.255 e. The molecule has 1 N–H and O–H groups in total. The van der Waals surface area contributed by atoms with E-state index in [1.807, 2.05) is 18.2 Å². The molecular weight excluding hydrogens is 394 g/mol. The molecule has 1 aliphatic heterocycles. The number of aromatic nitrogens is 1. The summed E-state index contributed by atoms with van der Waals surface area (Å²) < 4.78 is 16.0. The van der Waals surface area contributed by atoms with Crippen LogP contribution in [0.4, 0.5) is 11.5 Å². The molecule has 0 saturated carbocycles. The highest BCUT2D eigenvalue weighted by molar-refractivity contribution is 6.06. The zero-order valence-corrected chi connectivity index (χ0v) is 18.3. The van der Waals surface area contributed by atoms with E-state index in [0.717, 1.165) is 35.4 Å². The summed E-state index contributed by atoms with van der Waals surface area (Å²) in [6.45, 7) is 4.19. The first kappa shape index (κ1) is 20.8. The van der Waals surface area contributed by atoms with Crippen LogP contribution in [-0.2, 0) is 0 Å². The van der Waals surface area contributed by atoms with Crippen molar-refractivity contribution in [2.75, 3.05) is 44.6 Å². The summed E-state index contributed by atoms with van der Waals surface area (Å²) in [4.78, 5) is 20.1. The SMILES string of the molecule is COc1cc(C(=O)Nc2ccc3nc(N4CCCC4)cc(C)c3c2)cc(OC)c1OC. The lowest BCUT2D eigenvalue weighted by atomic mass is 10.1. The third kappa shape index (κ3) is 4.08. The molecule has 1 aromatic heterocycles. The summed E-state index contributed by atoms with van der Waals surface area (Å²) in [6, 6.07) is 11.2. The van der Waals surface area contributed by atoms with E-state index in [4.69, 9.17) is 19.2 Å². The highest BCUT2D eigenvalue weighted by Crippen LogP contribution is 2.38. The zero-order valence-electron chi connectivity index (χ0n) is 18.3. The second kappa shape index (κ2) is 8.71. The summed E-state index contributed by atoms with van der Waals surface area (Å²) in [6.07, 6.45) is 2.43. The van der Waals surface area contributed by atoms with E-state index >= 15 is 0 Å². The van der Waals surface area contributed by atoms with Crippen LogP contribution in [0.1, 0.15) is 28.8 Å². The number of rotatable bonds is 6. The van der Waals surface area contributed by atoms with Crippen LogP contribution < -0.4 is 24.4 Å². The lowest BCUT2D eigenvalue weighted by Gasteiger charge is -2.18. The Labute approximate surface area is 181 Å². The van der Waals surface area contributed by atoms with Crippen LogP contribution in [0.5, 0.6) is 17.2 Å². The molecule has 7 nitrogen and oxygen atoms in total. The van der Waals surface area contributed by atoms with Crippen molar-refractivity contribution in [1.82, 2.24) is 4.98 Å². The molecule has 0 aliphatic carbocycles. The normalized spacial score (nSPS) is 13.4. The maximum absolute atomic E-state index is 12.9. The quantitative estimate of drug-likeness (QED) is 0.635. The van der Waals surface area contributed by atoms with E-state index in [1.54, 1.807) is 12.1 Å². The minimum absolute atomic E-state index is 0.266. The molecule has 2 aromatic carbocycles. The minimum Gasteiger partial charge on any atom is -0.493 e. The number of carbonyl (C=O) groups excluding carboxylic acids is 1. The van der Waals surface area contributed by atoms with Gasteiger partial charge in [-0.3, -0.25) is 4.79 Å². The Morgan fingerprint density at radius 2 is 1.65 bits per heavy atom. The second-order valence-electron chi connectivity index (χ2n) is 7.59. The van der Waals surface area contributed by atoms with Gasteiger partial charge in [0, 0.05) is 29.7 Å². The number of aryl methyl sites for hydroxylation is 1. The molecule has 1 amide bonds. The smallest absolute Gasteiger partial charge is 0.255 e. The Morgan fingerprint density at radius 1 is 0.968 bits per heavy atom. The molecule has 3 aromatic rings. The molecule has 1 aliphatic rings. The summed E-state index contributed by atoms with van der Waals surface area (Å²) in [5, 5.41) is 3.98. The predicted octanol–water partition coefficient (Wildman–Crippen LogP) is 4.42. The van der Waals surface area contributed by atoms with Crippen LogP contribution in [0.15, 0.2) is 36.4 Å². The number of fused-ring (bicyclic) bond motifs is 1. The molecule has 4 rings (SSSR count). The van der Waals surface area contributed by atoms with Crippen molar-refractivity contribution in [1.29, 1.82) is 0 Å². The molecule has 1 saturated heterocycles. The number of amides is 1. The van der Waals surface area contributed by atoms with E-state index < -0.39 is 0 Å². The molecule has 0 unspecified atom stereocenters. The third-order valence-electron chi connectivity index (χ3n) is 5.62. The van der Waals surface area contributed by atoms with Crippen molar-refractivity contribution in [3.05, 3.63) is 47.5 Å². The number of methoxy groups -OCH3 is 3. The molecule has 0 atom stereocenters. The van der Waals surface area contributed by atoms with E-state index in [0.29, 0.717) is 28.5 Å². The number of anilines is 2. The zero-order chi connectivity index (χ0) is 22.0. The van der Waals surface area contributed by atoms with Crippen molar-refractivity contribution in [2.24, 2.45) is 0 Å². The minimum atomic E-state index is -0.266. The Balaban J connectivity index is 1.62.